The summed E-state index contributed by atoms with van der Waals surface area (Å²) in [6.45, 7) is 4.82. The van der Waals surface area contributed by atoms with Gasteiger partial charge in [0.15, 0.2) is 0 Å². The van der Waals surface area contributed by atoms with Crippen molar-refractivity contribution in [2.24, 2.45) is 5.92 Å². The summed E-state index contributed by atoms with van der Waals surface area (Å²) < 4.78 is 5.02. The predicted molar refractivity (Wildman–Crippen MR) is 49.4 cm³/mol. The molecule has 2 aliphatic heterocycles. The number of rotatable bonds is 1. The minimum atomic E-state index is -0.145. The van der Waals surface area contributed by atoms with Crippen molar-refractivity contribution in [2.75, 3.05) is 6.61 Å². The Morgan fingerprint density at radius 3 is 3.08 bits per heavy atom. The molecule has 0 saturated carbocycles. The van der Waals surface area contributed by atoms with Crippen molar-refractivity contribution in [1.82, 2.24) is 4.90 Å². The minimum Gasteiger partial charge on any atom is -0.447 e. The van der Waals surface area contributed by atoms with Gasteiger partial charge in [-0.05, 0) is 12.3 Å². The van der Waals surface area contributed by atoms with E-state index < -0.39 is 0 Å². The molecule has 0 N–H and O–H groups in total. The zero-order valence-corrected chi connectivity index (χ0v) is 8.06. The molecule has 3 heteroatoms. The molecule has 0 radical (unpaired) electrons. The van der Waals surface area contributed by atoms with Crippen molar-refractivity contribution in [3.8, 4) is 0 Å². The van der Waals surface area contributed by atoms with E-state index in [1.165, 1.54) is 0 Å². The van der Waals surface area contributed by atoms with E-state index in [2.05, 4.69) is 26.0 Å². The van der Waals surface area contributed by atoms with Crippen LogP contribution in [-0.2, 0) is 4.74 Å². The number of cyclic esters (lactones) is 1. The highest BCUT2D eigenvalue weighted by molar-refractivity contribution is 5.71. The molecule has 2 aliphatic rings. The van der Waals surface area contributed by atoms with Crippen molar-refractivity contribution in [3.05, 3.63) is 12.2 Å². The lowest BCUT2D eigenvalue weighted by Crippen LogP contribution is -2.45. The van der Waals surface area contributed by atoms with Crippen LogP contribution >= 0.6 is 0 Å². The number of carbonyl (C=O) groups excluding carboxylic acids is 1. The van der Waals surface area contributed by atoms with Crippen LogP contribution < -0.4 is 0 Å². The smallest absolute Gasteiger partial charge is 0.410 e. The van der Waals surface area contributed by atoms with Crippen LogP contribution in [-0.4, -0.2) is 29.7 Å². The van der Waals surface area contributed by atoms with Gasteiger partial charge in [0.2, 0.25) is 0 Å². The normalized spacial score (nSPS) is 32.2. The van der Waals surface area contributed by atoms with Crippen molar-refractivity contribution in [2.45, 2.75) is 32.4 Å². The molecule has 72 valence electrons. The summed E-state index contributed by atoms with van der Waals surface area (Å²) in [5.74, 6) is 0.498. The SMILES string of the molecule is CC(C)[C@H]1CC=C[C@@H]2COC(=O)N21. The molecular formula is C10H15NO2. The minimum absolute atomic E-state index is 0.145. The summed E-state index contributed by atoms with van der Waals surface area (Å²) in [5, 5.41) is 0. The third kappa shape index (κ3) is 1.32. The Labute approximate surface area is 78.4 Å². The summed E-state index contributed by atoms with van der Waals surface area (Å²) in [6, 6.07) is 0.513. The Kier molecular flexibility index (Phi) is 2.02. The summed E-state index contributed by atoms with van der Waals surface area (Å²) in [4.78, 5) is 13.3. The second-order valence-electron chi connectivity index (χ2n) is 4.03. The van der Waals surface area contributed by atoms with Crippen LogP contribution in [0.25, 0.3) is 0 Å². The Morgan fingerprint density at radius 1 is 1.62 bits per heavy atom. The maximum Gasteiger partial charge on any atom is 0.410 e. The van der Waals surface area contributed by atoms with Gasteiger partial charge in [-0.25, -0.2) is 4.79 Å². The van der Waals surface area contributed by atoms with Crippen molar-refractivity contribution in [3.63, 3.8) is 0 Å². The van der Waals surface area contributed by atoms with E-state index in [1.807, 2.05) is 4.90 Å². The van der Waals surface area contributed by atoms with E-state index in [0.717, 1.165) is 6.42 Å². The molecule has 0 unspecified atom stereocenters. The highest BCUT2D eigenvalue weighted by atomic mass is 16.6. The Hall–Kier alpha value is -0.990. The lowest BCUT2D eigenvalue weighted by Gasteiger charge is -2.34. The van der Waals surface area contributed by atoms with Gasteiger partial charge in [-0.15, -0.1) is 0 Å². The zero-order valence-electron chi connectivity index (χ0n) is 8.06. The average Bonchev–Trinajstić information content (AvgIpc) is 2.48. The highest BCUT2D eigenvalue weighted by Crippen LogP contribution is 2.27. The molecule has 2 heterocycles. The zero-order chi connectivity index (χ0) is 9.42. The molecule has 0 aromatic heterocycles. The summed E-state index contributed by atoms with van der Waals surface area (Å²) in [6.07, 6.45) is 5.05. The molecular weight excluding hydrogens is 166 g/mol. The molecule has 2 atom stereocenters. The van der Waals surface area contributed by atoms with E-state index in [4.69, 9.17) is 4.74 Å². The van der Waals surface area contributed by atoms with E-state index in [9.17, 15) is 4.79 Å². The number of amides is 1. The van der Waals surface area contributed by atoms with Crippen LogP contribution in [0.3, 0.4) is 0 Å². The summed E-state index contributed by atoms with van der Waals surface area (Å²) >= 11 is 0. The van der Waals surface area contributed by atoms with Gasteiger partial charge in [0, 0.05) is 6.04 Å². The standard InChI is InChI=1S/C10H15NO2/c1-7(2)9-5-3-4-8-6-13-10(12)11(8)9/h3-4,7-9H,5-6H2,1-2H3/t8-,9-/m1/s1. The summed E-state index contributed by atoms with van der Waals surface area (Å²) in [7, 11) is 0. The second-order valence-corrected chi connectivity index (χ2v) is 4.03. The Morgan fingerprint density at radius 2 is 2.38 bits per heavy atom. The maximum atomic E-state index is 11.4. The molecule has 13 heavy (non-hydrogen) atoms. The Bertz CT molecular complexity index is 247. The lowest BCUT2D eigenvalue weighted by molar-refractivity contribution is 0.132. The van der Waals surface area contributed by atoms with Gasteiger partial charge in [0.05, 0.1) is 6.04 Å². The fourth-order valence-corrected chi connectivity index (χ4v) is 2.06. The third-order valence-electron chi connectivity index (χ3n) is 2.81. The molecule has 0 aromatic rings. The van der Waals surface area contributed by atoms with Crippen LogP contribution in [0.1, 0.15) is 20.3 Å². The van der Waals surface area contributed by atoms with Gasteiger partial charge in [-0.3, -0.25) is 4.90 Å². The first kappa shape index (κ1) is 8.60. The number of fused-ring (bicyclic) bond motifs is 1. The van der Waals surface area contributed by atoms with E-state index >= 15 is 0 Å². The van der Waals surface area contributed by atoms with Crippen molar-refractivity contribution in [1.29, 1.82) is 0 Å². The third-order valence-corrected chi connectivity index (χ3v) is 2.81. The fraction of sp³-hybridized carbons (Fsp3) is 0.700. The molecule has 0 spiro atoms. The molecule has 2 rings (SSSR count). The predicted octanol–water partition coefficient (Wildman–Crippen LogP) is 1.79. The molecule has 0 bridgehead atoms. The van der Waals surface area contributed by atoms with Gasteiger partial charge in [0.1, 0.15) is 6.61 Å². The van der Waals surface area contributed by atoms with E-state index in [0.29, 0.717) is 18.6 Å². The van der Waals surface area contributed by atoms with Gasteiger partial charge in [-0.2, -0.15) is 0 Å². The first-order valence-corrected chi connectivity index (χ1v) is 4.82. The van der Waals surface area contributed by atoms with Crippen LogP contribution in [0.4, 0.5) is 4.79 Å². The summed E-state index contributed by atoms with van der Waals surface area (Å²) in [5.41, 5.74) is 0. The number of hydrogen-bond donors (Lipinski definition) is 0. The van der Waals surface area contributed by atoms with Crippen LogP contribution in [0.2, 0.25) is 0 Å². The largest absolute Gasteiger partial charge is 0.447 e. The van der Waals surface area contributed by atoms with E-state index in [-0.39, 0.29) is 12.1 Å². The quantitative estimate of drug-likeness (QED) is 0.577. The molecule has 0 aromatic carbocycles. The number of hydrogen-bond acceptors (Lipinski definition) is 2. The van der Waals surface area contributed by atoms with Crippen LogP contribution in [0.5, 0.6) is 0 Å². The first-order chi connectivity index (χ1) is 6.20. The molecule has 3 nitrogen and oxygen atoms in total. The van der Waals surface area contributed by atoms with Crippen molar-refractivity contribution >= 4 is 6.09 Å². The number of carbonyl (C=O) groups is 1. The van der Waals surface area contributed by atoms with Crippen LogP contribution in [0, 0.1) is 5.92 Å². The van der Waals surface area contributed by atoms with Gasteiger partial charge in [0.25, 0.3) is 0 Å². The maximum absolute atomic E-state index is 11.4. The number of ether oxygens (including phenoxy) is 1. The average molecular weight is 181 g/mol. The van der Waals surface area contributed by atoms with Gasteiger partial charge in [-0.1, -0.05) is 26.0 Å². The molecule has 0 aliphatic carbocycles. The van der Waals surface area contributed by atoms with Gasteiger partial charge < -0.3 is 4.74 Å². The molecule has 1 saturated heterocycles. The molecule has 1 amide bonds. The fourth-order valence-electron chi connectivity index (χ4n) is 2.06. The lowest BCUT2D eigenvalue weighted by atomic mass is 9.94. The van der Waals surface area contributed by atoms with Crippen LogP contribution in [0.15, 0.2) is 12.2 Å². The van der Waals surface area contributed by atoms with Gasteiger partial charge >= 0.3 is 6.09 Å². The second kappa shape index (κ2) is 3.05. The van der Waals surface area contributed by atoms with Crippen molar-refractivity contribution < 1.29 is 9.53 Å². The van der Waals surface area contributed by atoms with E-state index in [1.54, 1.807) is 0 Å². The first-order valence-electron chi connectivity index (χ1n) is 4.82. The Balaban J connectivity index is 2.22. The highest BCUT2D eigenvalue weighted by Gasteiger charge is 2.39. The number of nitrogens with zero attached hydrogens (tertiary/aromatic N) is 1. The topological polar surface area (TPSA) is 29.5 Å². The monoisotopic (exact) mass is 181 g/mol. The molecule has 1 fully saturated rings.